The molecule has 1 amide bonds. The number of benzene rings is 1. The molecule has 0 aliphatic carbocycles. The van der Waals surface area contributed by atoms with Crippen molar-refractivity contribution < 1.29 is 4.79 Å². The molecule has 0 atom stereocenters. The number of nitrogens with one attached hydrogen (secondary N) is 1. The minimum absolute atomic E-state index is 0.206. The molecule has 2 heterocycles. The molecule has 3 rings (SSSR count). The number of aryl methyl sites for hydroxylation is 2. The second-order valence-corrected chi connectivity index (χ2v) is 6.12. The Morgan fingerprint density at radius 1 is 1.33 bits per heavy atom. The third-order valence-corrected chi connectivity index (χ3v) is 4.42. The average molecular weight is 361 g/mol. The van der Waals surface area contributed by atoms with Gasteiger partial charge in [-0.2, -0.15) is 5.10 Å². The van der Waals surface area contributed by atoms with E-state index in [1.165, 1.54) is 4.90 Å². The molecule has 7 heteroatoms. The third-order valence-electron chi connectivity index (χ3n) is 3.84. The fourth-order valence-electron chi connectivity index (χ4n) is 2.59. The molecule has 1 aliphatic heterocycles. The summed E-state index contributed by atoms with van der Waals surface area (Å²) in [5, 5.41) is 8.16. The SMILES string of the molecule is CCc1ccccc1N1C(=O)/C(=C\c2nn(CC)cc2Cl)NC1=S. The number of amides is 1. The first-order chi connectivity index (χ1) is 11.5. The highest BCUT2D eigenvalue weighted by Crippen LogP contribution is 2.27. The van der Waals surface area contributed by atoms with E-state index in [0.29, 0.717) is 28.1 Å². The van der Waals surface area contributed by atoms with Crippen LogP contribution in [-0.4, -0.2) is 20.8 Å². The monoisotopic (exact) mass is 360 g/mol. The zero-order chi connectivity index (χ0) is 17.3. The van der Waals surface area contributed by atoms with Crippen molar-refractivity contribution in [2.45, 2.75) is 26.8 Å². The molecule has 5 nitrogen and oxygen atoms in total. The third kappa shape index (κ3) is 2.95. The molecule has 0 saturated carbocycles. The number of aromatic nitrogens is 2. The smallest absolute Gasteiger partial charge is 0.281 e. The van der Waals surface area contributed by atoms with Crippen molar-refractivity contribution >= 4 is 46.6 Å². The number of para-hydroxylation sites is 1. The predicted molar refractivity (Wildman–Crippen MR) is 99.9 cm³/mol. The van der Waals surface area contributed by atoms with Crippen LogP contribution in [0.25, 0.3) is 6.08 Å². The van der Waals surface area contributed by atoms with Crippen LogP contribution in [-0.2, 0) is 17.8 Å². The second kappa shape index (κ2) is 6.75. The molecule has 0 spiro atoms. The van der Waals surface area contributed by atoms with Crippen LogP contribution in [0.1, 0.15) is 25.1 Å². The summed E-state index contributed by atoms with van der Waals surface area (Å²) in [4.78, 5) is 14.3. The number of anilines is 1. The van der Waals surface area contributed by atoms with E-state index in [4.69, 9.17) is 23.8 Å². The van der Waals surface area contributed by atoms with Crippen molar-refractivity contribution in [1.29, 1.82) is 0 Å². The van der Waals surface area contributed by atoms with E-state index in [2.05, 4.69) is 10.4 Å². The van der Waals surface area contributed by atoms with Crippen LogP contribution < -0.4 is 10.2 Å². The van der Waals surface area contributed by atoms with E-state index in [1.54, 1.807) is 17.0 Å². The summed E-state index contributed by atoms with van der Waals surface area (Å²) in [5.74, 6) is -0.206. The fourth-order valence-corrected chi connectivity index (χ4v) is 3.09. The average Bonchev–Trinajstić information content (AvgIpc) is 3.07. The molecule has 1 fully saturated rings. The molecular weight excluding hydrogens is 344 g/mol. The van der Waals surface area contributed by atoms with Gasteiger partial charge in [-0.3, -0.25) is 14.4 Å². The highest BCUT2D eigenvalue weighted by atomic mass is 35.5. The number of rotatable bonds is 4. The van der Waals surface area contributed by atoms with Crippen molar-refractivity contribution in [3.8, 4) is 0 Å². The van der Waals surface area contributed by atoms with E-state index in [9.17, 15) is 4.79 Å². The van der Waals surface area contributed by atoms with Crippen molar-refractivity contribution in [2.24, 2.45) is 0 Å². The zero-order valence-corrected chi connectivity index (χ0v) is 15.0. The van der Waals surface area contributed by atoms with Gasteiger partial charge in [0.2, 0.25) is 0 Å². The maximum atomic E-state index is 12.8. The molecule has 0 radical (unpaired) electrons. The van der Waals surface area contributed by atoms with Crippen molar-refractivity contribution in [2.75, 3.05) is 4.90 Å². The Morgan fingerprint density at radius 3 is 2.75 bits per heavy atom. The van der Waals surface area contributed by atoms with Crippen molar-refractivity contribution in [3.63, 3.8) is 0 Å². The van der Waals surface area contributed by atoms with Gasteiger partial charge in [0.05, 0.1) is 10.7 Å². The normalized spacial score (nSPS) is 16.1. The minimum Gasteiger partial charge on any atom is -0.327 e. The number of nitrogens with zero attached hydrogens (tertiary/aromatic N) is 3. The number of hydrogen-bond donors (Lipinski definition) is 1. The molecule has 0 bridgehead atoms. The van der Waals surface area contributed by atoms with Gasteiger partial charge in [0, 0.05) is 12.7 Å². The van der Waals surface area contributed by atoms with Gasteiger partial charge in [-0.1, -0.05) is 36.7 Å². The number of thiocarbonyl (C=S) groups is 1. The Morgan fingerprint density at radius 2 is 2.08 bits per heavy atom. The van der Waals surface area contributed by atoms with Crippen LogP contribution in [0.2, 0.25) is 5.02 Å². The molecule has 1 saturated heterocycles. The first kappa shape index (κ1) is 16.7. The summed E-state index contributed by atoms with van der Waals surface area (Å²) in [6, 6.07) is 7.73. The van der Waals surface area contributed by atoms with Crippen molar-refractivity contribution in [1.82, 2.24) is 15.1 Å². The van der Waals surface area contributed by atoms with Gasteiger partial charge in [-0.15, -0.1) is 0 Å². The number of hydrogen-bond acceptors (Lipinski definition) is 3. The van der Waals surface area contributed by atoms with Crippen LogP contribution in [0.4, 0.5) is 5.69 Å². The van der Waals surface area contributed by atoms with E-state index in [-0.39, 0.29) is 5.91 Å². The Kier molecular flexibility index (Phi) is 4.69. The molecule has 1 aliphatic rings. The van der Waals surface area contributed by atoms with Gasteiger partial charge < -0.3 is 5.32 Å². The summed E-state index contributed by atoms with van der Waals surface area (Å²) in [7, 11) is 0. The summed E-state index contributed by atoms with van der Waals surface area (Å²) in [6.07, 6.45) is 4.18. The lowest BCUT2D eigenvalue weighted by atomic mass is 10.1. The summed E-state index contributed by atoms with van der Waals surface area (Å²) < 4.78 is 1.72. The Labute approximate surface area is 150 Å². The maximum absolute atomic E-state index is 12.8. The topological polar surface area (TPSA) is 50.2 Å². The highest BCUT2D eigenvalue weighted by molar-refractivity contribution is 7.80. The Bertz CT molecular complexity index is 843. The molecule has 1 N–H and O–H groups in total. The van der Waals surface area contributed by atoms with Gasteiger partial charge in [0.25, 0.3) is 5.91 Å². The summed E-state index contributed by atoms with van der Waals surface area (Å²) in [5.41, 5.74) is 2.78. The lowest BCUT2D eigenvalue weighted by molar-refractivity contribution is -0.113. The summed E-state index contributed by atoms with van der Waals surface area (Å²) >= 11 is 11.5. The minimum atomic E-state index is -0.206. The Hall–Kier alpha value is -2.18. The van der Waals surface area contributed by atoms with Crippen LogP contribution in [0, 0.1) is 0 Å². The number of halogens is 1. The highest BCUT2D eigenvalue weighted by Gasteiger charge is 2.33. The Balaban J connectivity index is 1.97. The molecule has 2 aromatic rings. The quantitative estimate of drug-likeness (QED) is 0.670. The first-order valence-electron chi connectivity index (χ1n) is 7.73. The number of carbonyl (C=O) groups is 1. The van der Waals surface area contributed by atoms with Gasteiger partial charge >= 0.3 is 0 Å². The van der Waals surface area contributed by atoms with E-state index in [1.807, 2.05) is 38.1 Å². The van der Waals surface area contributed by atoms with E-state index < -0.39 is 0 Å². The van der Waals surface area contributed by atoms with Crippen LogP contribution in [0.15, 0.2) is 36.2 Å². The van der Waals surface area contributed by atoms with E-state index in [0.717, 1.165) is 17.7 Å². The van der Waals surface area contributed by atoms with Crippen LogP contribution in [0.5, 0.6) is 0 Å². The number of carbonyl (C=O) groups excluding carboxylic acids is 1. The van der Waals surface area contributed by atoms with Crippen LogP contribution in [0.3, 0.4) is 0 Å². The van der Waals surface area contributed by atoms with Gasteiger partial charge in [-0.05, 0) is 43.3 Å². The molecule has 0 unspecified atom stereocenters. The van der Waals surface area contributed by atoms with Crippen molar-refractivity contribution in [3.05, 3.63) is 52.4 Å². The second-order valence-electron chi connectivity index (χ2n) is 5.33. The molecule has 124 valence electrons. The largest absolute Gasteiger partial charge is 0.327 e. The van der Waals surface area contributed by atoms with Crippen LogP contribution >= 0.6 is 23.8 Å². The van der Waals surface area contributed by atoms with E-state index >= 15 is 0 Å². The molecular formula is C17H17ClN4OS. The standard InChI is InChI=1S/C17H17ClN4OS/c1-3-11-7-5-6-8-15(11)22-16(23)14(19-17(22)24)9-13-12(18)10-21(4-2)20-13/h5-10H,3-4H2,1-2H3,(H,19,24)/b14-9+. The fraction of sp³-hybridized carbons (Fsp3) is 0.235. The zero-order valence-electron chi connectivity index (χ0n) is 13.4. The predicted octanol–water partition coefficient (Wildman–Crippen LogP) is 3.38. The molecule has 1 aromatic heterocycles. The molecule has 1 aromatic carbocycles. The maximum Gasteiger partial charge on any atom is 0.281 e. The van der Waals surface area contributed by atoms with Gasteiger partial charge in [0.1, 0.15) is 11.4 Å². The lowest BCUT2D eigenvalue weighted by Crippen LogP contribution is -2.31. The van der Waals surface area contributed by atoms with Gasteiger partial charge in [-0.25, -0.2) is 0 Å². The molecule has 24 heavy (non-hydrogen) atoms. The summed E-state index contributed by atoms with van der Waals surface area (Å²) in [6.45, 7) is 4.72. The first-order valence-corrected chi connectivity index (χ1v) is 8.51. The van der Waals surface area contributed by atoms with Gasteiger partial charge in [0.15, 0.2) is 5.11 Å². The lowest BCUT2D eigenvalue weighted by Gasteiger charge is -2.17.